The second kappa shape index (κ2) is 10.7. The summed E-state index contributed by atoms with van der Waals surface area (Å²) in [7, 11) is 1.32. The Bertz CT molecular complexity index is 1090. The van der Waals surface area contributed by atoms with E-state index in [1.807, 2.05) is 0 Å². The van der Waals surface area contributed by atoms with Gasteiger partial charge in [0.2, 0.25) is 5.91 Å². The summed E-state index contributed by atoms with van der Waals surface area (Å²) in [5, 5.41) is 2.69. The molecular weight excluding hydrogens is 435 g/mol. The van der Waals surface area contributed by atoms with Crippen LogP contribution in [0.2, 0.25) is 0 Å². The van der Waals surface area contributed by atoms with E-state index in [9.17, 15) is 22.8 Å². The molecule has 0 heterocycles. The fourth-order valence-electron chi connectivity index (χ4n) is 3.08. The first-order chi connectivity index (χ1) is 15.8. The lowest BCUT2D eigenvalue weighted by atomic mass is 10.1. The average molecular weight is 457 g/mol. The summed E-state index contributed by atoms with van der Waals surface area (Å²) in [5.41, 5.74) is 1.72. The highest BCUT2D eigenvalue weighted by atomic mass is 19.4. The van der Waals surface area contributed by atoms with Gasteiger partial charge in [-0.25, -0.2) is 4.79 Å². The molecule has 0 fully saturated rings. The molecule has 3 aromatic rings. The van der Waals surface area contributed by atoms with Gasteiger partial charge in [0, 0.05) is 12.1 Å². The van der Waals surface area contributed by atoms with Gasteiger partial charge < -0.3 is 14.8 Å². The number of carbonyl (C=O) groups excluding carboxylic acids is 2. The van der Waals surface area contributed by atoms with Crippen LogP contribution in [0.5, 0.6) is 5.75 Å². The molecule has 0 aliphatic heterocycles. The highest BCUT2D eigenvalue weighted by Gasteiger charge is 2.29. The van der Waals surface area contributed by atoms with Crippen LogP contribution in [0, 0.1) is 0 Å². The molecule has 8 heteroatoms. The Hall–Kier alpha value is -3.81. The molecule has 0 aliphatic carbocycles. The Balaban J connectivity index is 1.49. The van der Waals surface area contributed by atoms with Crippen molar-refractivity contribution in [3.8, 4) is 5.75 Å². The van der Waals surface area contributed by atoms with E-state index in [0.29, 0.717) is 22.4 Å². The maximum Gasteiger partial charge on any atom is 0.416 e. The van der Waals surface area contributed by atoms with Gasteiger partial charge in [-0.05, 0) is 41.5 Å². The molecule has 0 aliphatic rings. The zero-order chi connectivity index (χ0) is 23.8. The molecule has 172 valence electrons. The smallest absolute Gasteiger partial charge is 0.416 e. The molecule has 0 saturated heterocycles. The van der Waals surface area contributed by atoms with Crippen molar-refractivity contribution in [1.82, 2.24) is 5.32 Å². The van der Waals surface area contributed by atoms with E-state index in [0.717, 1.165) is 17.7 Å². The lowest BCUT2D eigenvalue weighted by Crippen LogP contribution is -2.24. The van der Waals surface area contributed by atoms with Crippen LogP contribution in [-0.4, -0.2) is 19.0 Å². The molecule has 1 amide bonds. The number of rotatable bonds is 8. The Kier molecular flexibility index (Phi) is 7.71. The van der Waals surface area contributed by atoms with Gasteiger partial charge in [-0.3, -0.25) is 4.79 Å². The van der Waals surface area contributed by atoms with Crippen LogP contribution in [0.1, 0.15) is 32.6 Å². The summed E-state index contributed by atoms with van der Waals surface area (Å²) in [4.78, 5) is 24.0. The molecule has 1 N–H and O–H groups in total. The Labute approximate surface area is 189 Å². The molecular formula is C25H22F3NO4. The summed E-state index contributed by atoms with van der Waals surface area (Å²) in [6.07, 6.45) is -4.27. The fourth-order valence-corrected chi connectivity index (χ4v) is 3.08. The monoisotopic (exact) mass is 457 g/mol. The van der Waals surface area contributed by atoms with Crippen molar-refractivity contribution in [2.75, 3.05) is 7.11 Å². The zero-order valence-corrected chi connectivity index (χ0v) is 17.8. The molecule has 0 spiro atoms. The molecule has 3 rings (SSSR count). The Morgan fingerprint density at radius 2 is 1.52 bits per heavy atom. The number of carbonyl (C=O) groups is 2. The number of hydrogen-bond acceptors (Lipinski definition) is 4. The van der Waals surface area contributed by atoms with Crippen LogP contribution in [0.3, 0.4) is 0 Å². The molecule has 3 aromatic carbocycles. The van der Waals surface area contributed by atoms with E-state index in [4.69, 9.17) is 9.47 Å². The first-order valence-electron chi connectivity index (χ1n) is 10.1. The number of hydrogen-bond donors (Lipinski definition) is 1. The summed E-state index contributed by atoms with van der Waals surface area (Å²) < 4.78 is 48.3. The SMILES string of the molecule is COC(=O)c1ccccc1COc1ccc(CC(=O)NCc2ccc(C(F)(F)F)cc2)cc1. The molecule has 0 unspecified atom stereocenters. The van der Waals surface area contributed by atoms with Crippen molar-refractivity contribution in [2.45, 2.75) is 25.7 Å². The van der Waals surface area contributed by atoms with Crippen molar-refractivity contribution in [1.29, 1.82) is 0 Å². The Morgan fingerprint density at radius 3 is 2.15 bits per heavy atom. The minimum atomic E-state index is -4.39. The predicted molar refractivity (Wildman–Crippen MR) is 116 cm³/mol. The molecule has 0 radical (unpaired) electrons. The van der Waals surface area contributed by atoms with Crippen molar-refractivity contribution < 1.29 is 32.2 Å². The minimum Gasteiger partial charge on any atom is -0.489 e. The number of benzene rings is 3. The summed E-state index contributed by atoms with van der Waals surface area (Å²) in [6, 6.07) is 18.6. The second-order valence-corrected chi connectivity index (χ2v) is 7.23. The Morgan fingerprint density at radius 1 is 0.879 bits per heavy atom. The fraction of sp³-hybridized carbons (Fsp3) is 0.200. The van der Waals surface area contributed by atoms with Gasteiger partial charge in [0.15, 0.2) is 0 Å². The third-order valence-electron chi connectivity index (χ3n) is 4.88. The molecule has 0 saturated carbocycles. The van der Waals surface area contributed by atoms with Gasteiger partial charge in [0.05, 0.1) is 24.7 Å². The first-order valence-corrected chi connectivity index (χ1v) is 10.1. The van der Waals surface area contributed by atoms with E-state index in [1.165, 1.54) is 19.2 Å². The number of amides is 1. The van der Waals surface area contributed by atoms with Crippen LogP contribution in [0.4, 0.5) is 13.2 Å². The quantitative estimate of drug-likeness (QED) is 0.487. The largest absolute Gasteiger partial charge is 0.489 e. The van der Waals surface area contributed by atoms with E-state index >= 15 is 0 Å². The van der Waals surface area contributed by atoms with Crippen LogP contribution in [-0.2, 0) is 35.3 Å². The van der Waals surface area contributed by atoms with Crippen LogP contribution in [0.25, 0.3) is 0 Å². The molecule has 0 atom stereocenters. The third kappa shape index (κ3) is 6.83. The standard InChI is InChI=1S/C25H22F3NO4/c1-32-24(31)22-5-3-2-4-19(22)16-33-21-12-8-17(9-13-21)14-23(30)29-15-18-6-10-20(11-7-18)25(26,27)28/h2-13H,14-16H2,1H3,(H,29,30). The topological polar surface area (TPSA) is 64.6 Å². The number of esters is 1. The van der Waals surface area contributed by atoms with Crippen molar-refractivity contribution >= 4 is 11.9 Å². The summed E-state index contributed by atoms with van der Waals surface area (Å²) in [5.74, 6) is -0.119. The van der Waals surface area contributed by atoms with Gasteiger partial charge in [0.1, 0.15) is 12.4 Å². The van der Waals surface area contributed by atoms with Gasteiger partial charge >= 0.3 is 12.1 Å². The summed E-state index contributed by atoms with van der Waals surface area (Å²) in [6.45, 7) is 0.315. The van der Waals surface area contributed by atoms with Gasteiger partial charge in [-0.15, -0.1) is 0 Å². The van der Waals surface area contributed by atoms with E-state index < -0.39 is 17.7 Å². The van der Waals surface area contributed by atoms with Gasteiger partial charge in [-0.2, -0.15) is 13.2 Å². The van der Waals surface area contributed by atoms with Crippen LogP contribution < -0.4 is 10.1 Å². The average Bonchev–Trinajstić information content (AvgIpc) is 2.81. The third-order valence-corrected chi connectivity index (χ3v) is 4.88. The maximum absolute atomic E-state index is 12.6. The van der Waals surface area contributed by atoms with Crippen molar-refractivity contribution in [3.63, 3.8) is 0 Å². The molecule has 5 nitrogen and oxygen atoms in total. The van der Waals surface area contributed by atoms with Gasteiger partial charge in [0.25, 0.3) is 0 Å². The second-order valence-electron chi connectivity index (χ2n) is 7.23. The number of ether oxygens (including phenoxy) is 2. The van der Waals surface area contributed by atoms with E-state index in [1.54, 1.807) is 48.5 Å². The van der Waals surface area contributed by atoms with E-state index in [-0.39, 0.29) is 25.5 Å². The lowest BCUT2D eigenvalue weighted by Gasteiger charge is -2.11. The normalized spacial score (nSPS) is 11.0. The molecule has 33 heavy (non-hydrogen) atoms. The maximum atomic E-state index is 12.6. The first kappa shape index (κ1) is 23.8. The zero-order valence-electron chi connectivity index (χ0n) is 17.8. The lowest BCUT2D eigenvalue weighted by molar-refractivity contribution is -0.137. The molecule has 0 bridgehead atoms. The van der Waals surface area contributed by atoms with E-state index in [2.05, 4.69) is 5.32 Å². The number of nitrogens with one attached hydrogen (secondary N) is 1. The summed E-state index contributed by atoms with van der Waals surface area (Å²) >= 11 is 0. The highest BCUT2D eigenvalue weighted by molar-refractivity contribution is 5.90. The predicted octanol–water partition coefficient (Wildman–Crippen LogP) is 4.93. The van der Waals surface area contributed by atoms with Crippen LogP contribution in [0.15, 0.2) is 72.8 Å². The van der Waals surface area contributed by atoms with Gasteiger partial charge in [-0.1, -0.05) is 42.5 Å². The van der Waals surface area contributed by atoms with Crippen molar-refractivity contribution in [3.05, 3.63) is 101 Å². The van der Waals surface area contributed by atoms with Crippen LogP contribution >= 0.6 is 0 Å². The van der Waals surface area contributed by atoms with Crippen molar-refractivity contribution in [2.24, 2.45) is 0 Å². The number of methoxy groups -OCH3 is 1. The highest BCUT2D eigenvalue weighted by Crippen LogP contribution is 2.29. The minimum absolute atomic E-state index is 0.117. The molecule has 0 aromatic heterocycles. The number of alkyl halides is 3. The number of halogens is 3.